The van der Waals surface area contributed by atoms with Gasteiger partial charge in [-0.25, -0.2) is 4.79 Å². The van der Waals surface area contributed by atoms with Crippen molar-refractivity contribution in [1.29, 1.82) is 5.26 Å². The zero-order chi connectivity index (χ0) is 31.3. The van der Waals surface area contributed by atoms with Crippen LogP contribution in [0.5, 0.6) is 0 Å². The van der Waals surface area contributed by atoms with Gasteiger partial charge in [-0.1, -0.05) is 18.2 Å². The average molecular weight is 608 g/mol. The van der Waals surface area contributed by atoms with E-state index < -0.39 is 30.7 Å². The van der Waals surface area contributed by atoms with Crippen molar-refractivity contribution in [3.63, 3.8) is 0 Å². The molecule has 2 amide bonds. The Morgan fingerprint density at radius 3 is 2.61 bits per heavy atom. The molecule has 4 heterocycles. The van der Waals surface area contributed by atoms with Gasteiger partial charge < -0.3 is 34.2 Å². The minimum Gasteiger partial charge on any atom is -0.464 e. The van der Waals surface area contributed by atoms with Gasteiger partial charge in [-0.05, 0) is 57.2 Å². The van der Waals surface area contributed by atoms with Crippen LogP contribution < -0.4 is 5.32 Å². The van der Waals surface area contributed by atoms with Crippen molar-refractivity contribution >= 4 is 30.1 Å². The number of hydrogen-bond acceptors (Lipinski definition) is 10. The molecule has 0 spiro atoms. The maximum absolute atomic E-state index is 13.6. The van der Waals surface area contributed by atoms with Crippen molar-refractivity contribution in [2.75, 3.05) is 52.5 Å². The number of carbonyl (C=O) groups is 2. The van der Waals surface area contributed by atoms with Crippen LogP contribution in [0.25, 0.3) is 11.0 Å². The van der Waals surface area contributed by atoms with Crippen LogP contribution in [-0.4, -0.2) is 120 Å². The molecule has 0 unspecified atom stereocenters. The number of nitriles is 1. The summed E-state index contributed by atoms with van der Waals surface area (Å²) in [5.41, 5.74) is 0.966. The molecule has 0 saturated carbocycles. The smallest absolute Gasteiger partial charge is 0.464 e. The van der Waals surface area contributed by atoms with Crippen LogP contribution in [0.1, 0.15) is 38.7 Å². The van der Waals surface area contributed by atoms with Gasteiger partial charge in [0.05, 0.1) is 37.5 Å². The number of hydrogen-bond donors (Lipinski definition) is 3. The SMILES string of the molecule is CC(C)(/C=C(\C#N)C(=O)N1CCCC[C@@H]1COC(=O)N[C@@H](Cc1coc2ccccc12)B(O)O)N1CCN(C2COC2)CC1. The third kappa shape index (κ3) is 7.45. The average Bonchev–Trinajstić information content (AvgIpc) is 3.40. The van der Waals surface area contributed by atoms with Crippen molar-refractivity contribution in [2.24, 2.45) is 0 Å². The Bertz CT molecular complexity index is 1380. The molecule has 3 fully saturated rings. The first-order valence-corrected chi connectivity index (χ1v) is 15.4. The Hall–Kier alpha value is -3.41. The molecule has 3 aliphatic rings. The third-order valence-corrected chi connectivity index (χ3v) is 9.07. The zero-order valence-electron chi connectivity index (χ0n) is 25.5. The van der Waals surface area contributed by atoms with E-state index in [0.29, 0.717) is 24.6 Å². The van der Waals surface area contributed by atoms with Gasteiger partial charge in [0.1, 0.15) is 23.8 Å². The van der Waals surface area contributed by atoms with Crippen molar-refractivity contribution in [1.82, 2.24) is 20.0 Å². The fourth-order valence-electron chi connectivity index (χ4n) is 6.30. The number of piperazine rings is 1. The summed E-state index contributed by atoms with van der Waals surface area (Å²) < 4.78 is 16.3. The molecule has 13 heteroatoms. The van der Waals surface area contributed by atoms with E-state index in [1.54, 1.807) is 11.0 Å². The number of nitrogens with zero attached hydrogens (tertiary/aromatic N) is 4. The number of ether oxygens (including phenoxy) is 2. The second-order valence-corrected chi connectivity index (χ2v) is 12.4. The third-order valence-electron chi connectivity index (χ3n) is 9.07. The predicted molar refractivity (Wildman–Crippen MR) is 163 cm³/mol. The fraction of sp³-hybridized carbons (Fsp3) is 0.581. The second-order valence-electron chi connectivity index (χ2n) is 12.4. The van der Waals surface area contributed by atoms with E-state index in [-0.39, 0.29) is 24.5 Å². The lowest BCUT2D eigenvalue weighted by Gasteiger charge is -2.46. The standard InChI is InChI=1S/C31H42BN5O7/c1-31(2,36-13-11-35(12-14-36)25-19-42-20-25)16-23(17-33)29(38)37-10-6-5-7-24(37)21-44-30(39)34-28(32(40)41)15-22-18-43-27-9-4-3-8-26(22)27/h3-4,8-9,16,18,24-25,28,40-41H,5-7,10-15,19-21H2,1-2H3,(H,34,39)/b23-16+/t24-,28+/m1/s1. The number of carbonyl (C=O) groups excluding carboxylic acids is 2. The minimum absolute atomic E-state index is 0.0740. The lowest BCUT2D eigenvalue weighted by molar-refractivity contribution is -0.131. The zero-order valence-corrected chi connectivity index (χ0v) is 25.5. The molecular weight excluding hydrogens is 565 g/mol. The number of piperidine rings is 1. The maximum Gasteiger partial charge on any atom is 0.475 e. The van der Waals surface area contributed by atoms with E-state index >= 15 is 0 Å². The van der Waals surface area contributed by atoms with Crippen LogP contribution in [0.3, 0.4) is 0 Å². The molecule has 3 N–H and O–H groups in total. The molecule has 1 aromatic heterocycles. The van der Waals surface area contributed by atoms with Crippen LogP contribution in [0.4, 0.5) is 4.79 Å². The first kappa shape index (κ1) is 32.0. The molecule has 0 bridgehead atoms. The van der Waals surface area contributed by atoms with E-state index in [0.717, 1.165) is 63.2 Å². The molecule has 1 aromatic carbocycles. The van der Waals surface area contributed by atoms with Crippen LogP contribution in [0.2, 0.25) is 0 Å². The topological polar surface area (TPSA) is 152 Å². The number of nitrogens with one attached hydrogen (secondary N) is 1. The molecule has 12 nitrogen and oxygen atoms in total. The lowest BCUT2D eigenvalue weighted by Crippen LogP contribution is -2.59. The lowest BCUT2D eigenvalue weighted by atomic mass is 9.76. The molecule has 3 saturated heterocycles. The van der Waals surface area contributed by atoms with Crippen molar-refractivity contribution in [2.45, 2.75) is 63.1 Å². The van der Waals surface area contributed by atoms with E-state index in [4.69, 9.17) is 13.9 Å². The highest BCUT2D eigenvalue weighted by Crippen LogP contribution is 2.26. The largest absolute Gasteiger partial charge is 0.475 e. The van der Waals surface area contributed by atoms with Crippen LogP contribution >= 0.6 is 0 Å². The second kappa shape index (κ2) is 14.1. The molecule has 3 aliphatic heterocycles. The highest BCUT2D eigenvalue weighted by molar-refractivity contribution is 6.43. The van der Waals surface area contributed by atoms with E-state index in [2.05, 4.69) is 21.2 Å². The normalized spacial score (nSPS) is 21.4. The van der Waals surface area contributed by atoms with Crippen LogP contribution in [0.15, 0.2) is 46.6 Å². The number of para-hydroxylation sites is 1. The summed E-state index contributed by atoms with van der Waals surface area (Å²) in [6, 6.07) is 9.58. The van der Waals surface area contributed by atoms with Gasteiger partial charge in [-0.2, -0.15) is 5.26 Å². The highest BCUT2D eigenvalue weighted by Gasteiger charge is 2.36. The Morgan fingerprint density at radius 1 is 1.18 bits per heavy atom. The van der Waals surface area contributed by atoms with Crippen LogP contribution in [-0.2, 0) is 20.7 Å². The van der Waals surface area contributed by atoms with Crippen LogP contribution in [0, 0.1) is 11.3 Å². The molecule has 2 aromatic rings. The van der Waals surface area contributed by atoms with Gasteiger partial charge in [0.25, 0.3) is 5.91 Å². The Morgan fingerprint density at radius 2 is 1.93 bits per heavy atom. The predicted octanol–water partition coefficient (Wildman–Crippen LogP) is 1.71. The monoisotopic (exact) mass is 607 g/mol. The van der Waals surface area contributed by atoms with E-state index in [9.17, 15) is 24.9 Å². The van der Waals surface area contributed by atoms with Gasteiger partial charge in [0.15, 0.2) is 0 Å². The van der Waals surface area contributed by atoms with Gasteiger partial charge >= 0.3 is 13.2 Å². The molecule has 0 aliphatic carbocycles. The van der Waals surface area contributed by atoms with Crippen molar-refractivity contribution in [3.05, 3.63) is 47.7 Å². The summed E-state index contributed by atoms with van der Waals surface area (Å²) in [4.78, 5) is 32.8. The fourth-order valence-corrected chi connectivity index (χ4v) is 6.30. The summed E-state index contributed by atoms with van der Waals surface area (Å²) in [7, 11) is -1.83. The summed E-state index contributed by atoms with van der Waals surface area (Å²) in [6.07, 6.45) is 4.88. The van der Waals surface area contributed by atoms with E-state index in [1.165, 1.54) is 6.26 Å². The number of furan rings is 1. The Kier molecular flexibility index (Phi) is 10.3. The van der Waals surface area contributed by atoms with Crippen molar-refractivity contribution in [3.8, 4) is 6.07 Å². The van der Waals surface area contributed by atoms with Gasteiger partial charge in [-0.3, -0.25) is 14.6 Å². The summed E-state index contributed by atoms with van der Waals surface area (Å²) in [5, 5.41) is 33.3. The van der Waals surface area contributed by atoms with Gasteiger partial charge in [0, 0.05) is 43.6 Å². The number of benzene rings is 1. The molecule has 5 rings (SSSR count). The number of fused-ring (bicyclic) bond motifs is 1. The highest BCUT2D eigenvalue weighted by atomic mass is 16.5. The number of likely N-dealkylation sites (tertiary alicyclic amines) is 1. The molecular formula is C31H42BN5O7. The molecule has 0 radical (unpaired) electrons. The summed E-state index contributed by atoms with van der Waals surface area (Å²) in [6.45, 7) is 9.51. The summed E-state index contributed by atoms with van der Waals surface area (Å²) >= 11 is 0. The molecule has 2 atom stereocenters. The minimum atomic E-state index is -1.83. The quantitative estimate of drug-likeness (QED) is 0.207. The van der Waals surface area contributed by atoms with Crippen molar-refractivity contribution < 1.29 is 33.5 Å². The first-order chi connectivity index (χ1) is 21.2. The maximum atomic E-state index is 13.6. The number of rotatable bonds is 10. The Labute approximate surface area is 258 Å². The molecule has 44 heavy (non-hydrogen) atoms. The number of alkyl carbamates (subject to hydrolysis) is 1. The first-order valence-electron chi connectivity index (χ1n) is 15.4. The number of amides is 2. The summed E-state index contributed by atoms with van der Waals surface area (Å²) in [5.74, 6) is -1.40. The van der Waals surface area contributed by atoms with Gasteiger partial charge in [0.2, 0.25) is 0 Å². The molecule has 236 valence electrons. The Balaban J connectivity index is 1.17. The van der Waals surface area contributed by atoms with Gasteiger partial charge in [-0.15, -0.1) is 0 Å². The van der Waals surface area contributed by atoms with E-state index in [1.807, 2.05) is 38.1 Å².